The van der Waals surface area contributed by atoms with Gasteiger partial charge in [0.05, 0.1) is 13.2 Å². The monoisotopic (exact) mass is 188 g/mol. The third-order valence-electron chi connectivity index (χ3n) is 3.13. The summed E-state index contributed by atoms with van der Waals surface area (Å²) in [6, 6.07) is 0. The third-order valence-corrected chi connectivity index (χ3v) is 3.13. The van der Waals surface area contributed by atoms with Crippen LogP contribution in [0.15, 0.2) is 0 Å². The van der Waals surface area contributed by atoms with Gasteiger partial charge in [-0.05, 0) is 18.8 Å². The number of hydrogen-bond acceptors (Lipinski definition) is 3. The fourth-order valence-electron chi connectivity index (χ4n) is 1.97. The average Bonchev–Trinajstić information content (AvgIpc) is 2.19. The van der Waals surface area contributed by atoms with Crippen molar-refractivity contribution in [3.63, 3.8) is 0 Å². The molecule has 0 aliphatic carbocycles. The minimum Gasteiger partial charge on any atom is -0.396 e. The highest BCUT2D eigenvalue weighted by Gasteiger charge is 2.37. The van der Waals surface area contributed by atoms with Gasteiger partial charge in [-0.2, -0.15) is 0 Å². The normalized spacial score (nSPS) is 31.6. The lowest BCUT2D eigenvalue weighted by Gasteiger charge is -2.40. The van der Waals surface area contributed by atoms with Crippen LogP contribution < -0.4 is 0 Å². The van der Waals surface area contributed by atoms with Crippen LogP contribution in [0.2, 0.25) is 0 Å². The van der Waals surface area contributed by atoms with Gasteiger partial charge >= 0.3 is 0 Å². The molecule has 2 unspecified atom stereocenters. The predicted octanol–water partition coefficient (Wildman–Crippen LogP) is 1.06. The average molecular weight is 188 g/mol. The van der Waals surface area contributed by atoms with Crippen LogP contribution in [0.3, 0.4) is 0 Å². The van der Waals surface area contributed by atoms with E-state index in [0.29, 0.717) is 19.1 Å². The van der Waals surface area contributed by atoms with Gasteiger partial charge in [0.25, 0.3) is 0 Å². The topological polar surface area (TPSA) is 38.7 Å². The highest BCUT2D eigenvalue weighted by atomic mass is 16.5. The summed E-state index contributed by atoms with van der Waals surface area (Å²) in [5.41, 5.74) is -0.0612. The van der Waals surface area contributed by atoms with Gasteiger partial charge in [-0.15, -0.1) is 0 Å². The Kier molecular flexibility index (Phi) is 4.16. The maximum Gasteiger partial charge on any atom is 0.0547 e. The molecule has 3 heteroatoms. The lowest BCUT2D eigenvalue weighted by molar-refractivity contribution is -0.0827. The Morgan fingerprint density at radius 1 is 1.62 bits per heavy atom. The molecule has 1 aliphatic rings. The van der Waals surface area contributed by atoms with E-state index < -0.39 is 0 Å². The molecule has 0 saturated carbocycles. The number of hydrogen-bond donors (Lipinski definition) is 1. The smallest absolute Gasteiger partial charge is 0.0547 e. The van der Waals surface area contributed by atoms with Crippen LogP contribution in [0.4, 0.5) is 0 Å². The van der Waals surface area contributed by atoms with Crippen molar-refractivity contribution in [2.24, 2.45) is 11.3 Å². The van der Waals surface area contributed by atoms with Gasteiger partial charge in [-0.25, -0.2) is 0 Å². The van der Waals surface area contributed by atoms with Crippen LogP contribution in [-0.4, -0.2) is 38.6 Å². The summed E-state index contributed by atoms with van der Waals surface area (Å²) in [5, 5.41) is 9.40. The van der Waals surface area contributed by atoms with Crippen molar-refractivity contribution in [2.75, 3.05) is 33.5 Å². The van der Waals surface area contributed by atoms with E-state index in [9.17, 15) is 5.11 Å². The van der Waals surface area contributed by atoms with Crippen molar-refractivity contribution in [2.45, 2.75) is 19.8 Å². The van der Waals surface area contributed by atoms with E-state index in [-0.39, 0.29) is 12.0 Å². The van der Waals surface area contributed by atoms with Crippen LogP contribution in [-0.2, 0) is 9.47 Å². The Morgan fingerprint density at radius 2 is 2.38 bits per heavy atom. The molecule has 0 aromatic heterocycles. The molecule has 2 atom stereocenters. The van der Waals surface area contributed by atoms with Gasteiger partial charge in [0.1, 0.15) is 0 Å². The SMILES string of the molecule is COCC(C)C1(CO)CCCOC1. The van der Waals surface area contributed by atoms with E-state index in [1.54, 1.807) is 7.11 Å². The molecule has 1 rings (SSSR count). The van der Waals surface area contributed by atoms with Crippen molar-refractivity contribution >= 4 is 0 Å². The second-order valence-electron chi connectivity index (χ2n) is 4.03. The van der Waals surface area contributed by atoms with E-state index >= 15 is 0 Å². The van der Waals surface area contributed by atoms with Crippen molar-refractivity contribution in [3.8, 4) is 0 Å². The third kappa shape index (κ3) is 2.42. The first-order valence-corrected chi connectivity index (χ1v) is 4.93. The van der Waals surface area contributed by atoms with Crippen LogP contribution in [0.5, 0.6) is 0 Å². The van der Waals surface area contributed by atoms with Crippen LogP contribution >= 0.6 is 0 Å². The van der Waals surface area contributed by atoms with Gasteiger partial charge in [0.2, 0.25) is 0 Å². The summed E-state index contributed by atoms with van der Waals surface area (Å²) in [4.78, 5) is 0. The van der Waals surface area contributed by atoms with Crippen molar-refractivity contribution < 1.29 is 14.6 Å². The molecule has 13 heavy (non-hydrogen) atoms. The maximum atomic E-state index is 9.40. The highest BCUT2D eigenvalue weighted by molar-refractivity contribution is 4.85. The number of aliphatic hydroxyl groups is 1. The molecule has 0 radical (unpaired) electrons. The van der Waals surface area contributed by atoms with Gasteiger partial charge in [-0.1, -0.05) is 6.92 Å². The number of ether oxygens (including phenoxy) is 2. The summed E-state index contributed by atoms with van der Waals surface area (Å²) in [6.45, 7) is 4.53. The lowest BCUT2D eigenvalue weighted by Crippen LogP contribution is -2.42. The molecule has 78 valence electrons. The summed E-state index contributed by atoms with van der Waals surface area (Å²) < 4.78 is 10.5. The lowest BCUT2D eigenvalue weighted by atomic mass is 9.73. The molecule has 0 spiro atoms. The fourth-order valence-corrected chi connectivity index (χ4v) is 1.97. The zero-order valence-electron chi connectivity index (χ0n) is 8.58. The number of aliphatic hydroxyl groups excluding tert-OH is 1. The molecule has 0 aromatic carbocycles. The molecule has 1 saturated heterocycles. The van der Waals surface area contributed by atoms with Crippen LogP contribution in [0.25, 0.3) is 0 Å². The Balaban J connectivity index is 2.55. The zero-order chi connectivity index (χ0) is 9.73. The van der Waals surface area contributed by atoms with Crippen LogP contribution in [0.1, 0.15) is 19.8 Å². The second kappa shape index (κ2) is 4.94. The van der Waals surface area contributed by atoms with Gasteiger partial charge in [-0.3, -0.25) is 0 Å². The zero-order valence-corrected chi connectivity index (χ0v) is 8.58. The minimum absolute atomic E-state index is 0.0612. The molecular formula is C10H20O3. The standard InChI is InChI=1S/C10H20O3/c1-9(6-12-2)10(7-11)4-3-5-13-8-10/h9,11H,3-8H2,1-2H3. The Hall–Kier alpha value is -0.120. The minimum atomic E-state index is -0.0612. The van der Waals surface area contributed by atoms with E-state index in [1.807, 2.05) is 0 Å². The van der Waals surface area contributed by atoms with Crippen molar-refractivity contribution in [1.82, 2.24) is 0 Å². The molecule has 1 fully saturated rings. The molecule has 0 amide bonds. The van der Waals surface area contributed by atoms with E-state index in [2.05, 4.69) is 6.92 Å². The summed E-state index contributed by atoms with van der Waals surface area (Å²) in [5.74, 6) is 0.364. The van der Waals surface area contributed by atoms with Gasteiger partial charge in [0, 0.05) is 25.7 Å². The molecule has 0 bridgehead atoms. The molecule has 1 heterocycles. The fraction of sp³-hybridized carbons (Fsp3) is 1.00. The Bertz CT molecular complexity index is 141. The number of methoxy groups -OCH3 is 1. The Labute approximate surface area is 80.0 Å². The van der Waals surface area contributed by atoms with Crippen molar-refractivity contribution in [3.05, 3.63) is 0 Å². The van der Waals surface area contributed by atoms with Crippen molar-refractivity contribution in [1.29, 1.82) is 0 Å². The molecule has 3 nitrogen and oxygen atoms in total. The second-order valence-corrected chi connectivity index (χ2v) is 4.03. The molecule has 1 N–H and O–H groups in total. The molecule has 0 aromatic rings. The van der Waals surface area contributed by atoms with Gasteiger partial charge < -0.3 is 14.6 Å². The van der Waals surface area contributed by atoms with E-state index in [4.69, 9.17) is 9.47 Å². The van der Waals surface area contributed by atoms with Gasteiger partial charge in [0.15, 0.2) is 0 Å². The highest BCUT2D eigenvalue weighted by Crippen LogP contribution is 2.35. The van der Waals surface area contributed by atoms with E-state index in [0.717, 1.165) is 19.4 Å². The summed E-state index contributed by atoms with van der Waals surface area (Å²) >= 11 is 0. The first-order valence-electron chi connectivity index (χ1n) is 4.93. The first-order chi connectivity index (χ1) is 6.25. The molecule has 1 aliphatic heterocycles. The summed E-state index contributed by atoms with van der Waals surface area (Å²) in [7, 11) is 1.70. The van der Waals surface area contributed by atoms with E-state index in [1.165, 1.54) is 0 Å². The number of rotatable bonds is 4. The largest absolute Gasteiger partial charge is 0.396 e. The quantitative estimate of drug-likeness (QED) is 0.717. The summed E-state index contributed by atoms with van der Waals surface area (Å²) in [6.07, 6.45) is 2.10. The first kappa shape index (κ1) is 11.0. The molecular weight excluding hydrogens is 168 g/mol. The maximum absolute atomic E-state index is 9.40. The Morgan fingerprint density at radius 3 is 2.85 bits per heavy atom. The predicted molar refractivity (Wildman–Crippen MR) is 50.6 cm³/mol. The van der Waals surface area contributed by atoms with Crippen LogP contribution in [0, 0.1) is 11.3 Å².